The monoisotopic (exact) mass is 856 g/mol. The summed E-state index contributed by atoms with van der Waals surface area (Å²) in [5, 5.41) is 4.92. The fraction of sp³-hybridized carbons (Fsp3) is 0.0769. The summed E-state index contributed by atoms with van der Waals surface area (Å²) in [4.78, 5) is 10.9. The Morgan fingerprint density at radius 1 is 0.358 bits per heavy atom. The number of rotatable bonds is 9. The molecule has 0 aliphatic heterocycles. The molecule has 0 fully saturated rings. The summed E-state index contributed by atoms with van der Waals surface area (Å²) in [6.07, 6.45) is 1.62. The molecule has 0 amide bonds. The minimum absolute atomic E-state index is 0.191. The molecule has 12 rings (SSSR count). The average Bonchev–Trinajstić information content (AvgIpc) is 3.61. The van der Waals surface area contributed by atoms with Crippen LogP contribution in [-0.4, -0.2) is 9.97 Å². The number of benzene rings is 10. The van der Waals surface area contributed by atoms with E-state index in [-0.39, 0.29) is 5.41 Å². The highest BCUT2D eigenvalue weighted by atomic mass is 14.9. The van der Waals surface area contributed by atoms with E-state index in [1.165, 1.54) is 82.9 Å². The lowest BCUT2D eigenvalue weighted by Gasteiger charge is -2.25. The van der Waals surface area contributed by atoms with Crippen LogP contribution in [0.3, 0.4) is 0 Å². The molecule has 11 aromatic rings. The molecule has 1 aliphatic rings. The maximum absolute atomic E-state index is 5.48. The Morgan fingerprint density at radius 3 is 1.57 bits per heavy atom. The van der Waals surface area contributed by atoms with Gasteiger partial charge in [0.05, 0.1) is 11.4 Å². The van der Waals surface area contributed by atoms with Gasteiger partial charge in [0.1, 0.15) is 0 Å². The summed E-state index contributed by atoms with van der Waals surface area (Å²) in [7, 11) is 0. The lowest BCUT2D eigenvalue weighted by Crippen LogP contribution is -2.16. The number of fused-ring (bicyclic) bond motifs is 5. The van der Waals surface area contributed by atoms with E-state index < -0.39 is 0 Å². The van der Waals surface area contributed by atoms with Gasteiger partial charge in [0.25, 0.3) is 0 Å². The molecule has 67 heavy (non-hydrogen) atoms. The second kappa shape index (κ2) is 16.7. The van der Waals surface area contributed by atoms with Crippen molar-refractivity contribution in [2.45, 2.75) is 32.1 Å². The van der Waals surface area contributed by atoms with E-state index in [4.69, 9.17) is 9.97 Å². The summed E-state index contributed by atoms with van der Waals surface area (Å²) in [5.74, 6) is 0.700. The standard InChI is InChI=1S/C65H48N2/c1-65(2)59-41-47-27-13-12-26-46(47)40-58(59)56-34-19-33-55(63(56)65)53-36-37-54(52-32-17-16-31-51(52)53)60-42-61(67-64(66-60)45-24-10-5-11-25-45)57-35-18-29-49(39-44-22-8-4-9-23-44)62(57)50-30-15-14-28-48(50)38-43-20-6-3-7-21-43/h3-37,40-42H,38-39H2,1-2H3. The molecule has 1 aromatic heterocycles. The Kier molecular flexibility index (Phi) is 10.0. The minimum Gasteiger partial charge on any atom is -0.228 e. The lowest BCUT2D eigenvalue weighted by atomic mass is 9.78. The topological polar surface area (TPSA) is 25.8 Å². The number of aromatic nitrogens is 2. The molecule has 0 saturated heterocycles. The van der Waals surface area contributed by atoms with Gasteiger partial charge in [-0.3, -0.25) is 0 Å². The van der Waals surface area contributed by atoms with Crippen LogP contribution >= 0.6 is 0 Å². The maximum Gasteiger partial charge on any atom is 0.160 e. The second-order valence-electron chi connectivity index (χ2n) is 18.5. The summed E-state index contributed by atoms with van der Waals surface area (Å²) < 4.78 is 0. The third-order valence-corrected chi connectivity index (χ3v) is 14.0. The fourth-order valence-electron chi connectivity index (χ4n) is 10.8. The van der Waals surface area contributed by atoms with Crippen LogP contribution in [0.5, 0.6) is 0 Å². The molecule has 1 heterocycles. The molecular weight excluding hydrogens is 809 g/mol. The molecule has 318 valence electrons. The first-order valence-electron chi connectivity index (χ1n) is 23.4. The van der Waals surface area contributed by atoms with Gasteiger partial charge in [0, 0.05) is 22.1 Å². The van der Waals surface area contributed by atoms with Crippen molar-refractivity contribution in [3.8, 4) is 67.3 Å². The van der Waals surface area contributed by atoms with E-state index in [0.29, 0.717) is 5.82 Å². The Balaban J connectivity index is 1.05. The van der Waals surface area contributed by atoms with Crippen LogP contribution in [0.1, 0.15) is 47.2 Å². The smallest absolute Gasteiger partial charge is 0.160 e. The minimum atomic E-state index is -0.191. The quantitative estimate of drug-likeness (QED) is 0.145. The van der Waals surface area contributed by atoms with Crippen molar-refractivity contribution in [1.82, 2.24) is 9.97 Å². The van der Waals surface area contributed by atoms with Crippen LogP contribution < -0.4 is 0 Å². The van der Waals surface area contributed by atoms with Crippen molar-refractivity contribution >= 4 is 21.5 Å². The predicted molar refractivity (Wildman–Crippen MR) is 280 cm³/mol. The van der Waals surface area contributed by atoms with Crippen LogP contribution in [0.15, 0.2) is 231 Å². The maximum atomic E-state index is 5.48. The van der Waals surface area contributed by atoms with Gasteiger partial charge < -0.3 is 0 Å². The van der Waals surface area contributed by atoms with Gasteiger partial charge in [-0.25, -0.2) is 9.97 Å². The van der Waals surface area contributed by atoms with Gasteiger partial charge in [-0.15, -0.1) is 0 Å². The van der Waals surface area contributed by atoms with Gasteiger partial charge in [0.2, 0.25) is 0 Å². The first kappa shape index (κ1) is 40.3. The van der Waals surface area contributed by atoms with Crippen LogP contribution in [0.25, 0.3) is 88.8 Å². The third kappa shape index (κ3) is 7.23. The summed E-state index contributed by atoms with van der Waals surface area (Å²) in [5.41, 5.74) is 20.2. The third-order valence-electron chi connectivity index (χ3n) is 14.0. The second-order valence-corrected chi connectivity index (χ2v) is 18.5. The van der Waals surface area contributed by atoms with Crippen molar-refractivity contribution in [2.75, 3.05) is 0 Å². The summed E-state index contributed by atoms with van der Waals surface area (Å²) >= 11 is 0. The van der Waals surface area contributed by atoms with Crippen molar-refractivity contribution in [1.29, 1.82) is 0 Å². The number of hydrogen-bond donors (Lipinski definition) is 0. The lowest BCUT2D eigenvalue weighted by molar-refractivity contribution is 0.663. The van der Waals surface area contributed by atoms with Gasteiger partial charge in [-0.05, 0) is 119 Å². The van der Waals surface area contributed by atoms with E-state index in [9.17, 15) is 0 Å². The molecule has 0 N–H and O–H groups in total. The molecule has 10 aromatic carbocycles. The van der Waals surface area contributed by atoms with Crippen molar-refractivity contribution in [3.05, 3.63) is 264 Å². The Labute approximate surface area is 393 Å². The molecule has 0 radical (unpaired) electrons. The zero-order valence-corrected chi connectivity index (χ0v) is 37.7. The molecule has 2 nitrogen and oxygen atoms in total. The van der Waals surface area contributed by atoms with Gasteiger partial charge in [-0.2, -0.15) is 0 Å². The Hall–Kier alpha value is -8.20. The molecule has 0 unspecified atom stereocenters. The van der Waals surface area contributed by atoms with Crippen LogP contribution in [-0.2, 0) is 18.3 Å². The Morgan fingerprint density at radius 2 is 0.851 bits per heavy atom. The molecule has 0 bridgehead atoms. The van der Waals surface area contributed by atoms with Crippen molar-refractivity contribution < 1.29 is 0 Å². The van der Waals surface area contributed by atoms with Crippen LogP contribution in [0, 0.1) is 0 Å². The normalized spacial score (nSPS) is 12.6. The molecule has 0 atom stereocenters. The first-order valence-corrected chi connectivity index (χ1v) is 23.4. The van der Waals surface area contributed by atoms with Gasteiger partial charge >= 0.3 is 0 Å². The largest absolute Gasteiger partial charge is 0.228 e. The Bertz CT molecular complexity index is 3650. The van der Waals surface area contributed by atoms with E-state index >= 15 is 0 Å². The van der Waals surface area contributed by atoms with E-state index in [1.54, 1.807) is 0 Å². The highest BCUT2D eigenvalue weighted by Crippen LogP contribution is 2.54. The summed E-state index contributed by atoms with van der Waals surface area (Å²) in [6, 6.07) is 83.8. The highest BCUT2D eigenvalue weighted by molar-refractivity contribution is 6.07. The van der Waals surface area contributed by atoms with Crippen LogP contribution in [0.2, 0.25) is 0 Å². The molecular formula is C65H48N2. The fourth-order valence-corrected chi connectivity index (χ4v) is 10.8. The number of hydrogen-bond acceptors (Lipinski definition) is 2. The van der Waals surface area contributed by atoms with Gasteiger partial charge in [0.15, 0.2) is 5.82 Å². The zero-order chi connectivity index (χ0) is 44.9. The predicted octanol–water partition coefficient (Wildman–Crippen LogP) is 16.6. The molecule has 0 saturated carbocycles. The van der Waals surface area contributed by atoms with E-state index in [1.807, 2.05) is 0 Å². The molecule has 0 spiro atoms. The first-order chi connectivity index (χ1) is 33.0. The van der Waals surface area contributed by atoms with Crippen LogP contribution in [0.4, 0.5) is 0 Å². The van der Waals surface area contributed by atoms with E-state index in [2.05, 4.69) is 244 Å². The zero-order valence-electron chi connectivity index (χ0n) is 37.7. The SMILES string of the molecule is CC1(C)c2cc3ccccc3cc2-c2cccc(-c3ccc(-c4cc(-c5cccc(Cc6ccccc6)c5-c5ccccc5Cc5ccccc5)nc(-c5ccccc5)n4)c4ccccc34)c21. The summed E-state index contributed by atoms with van der Waals surface area (Å²) in [6.45, 7) is 4.78. The van der Waals surface area contributed by atoms with Gasteiger partial charge in [-0.1, -0.05) is 226 Å². The molecule has 2 heteroatoms. The van der Waals surface area contributed by atoms with Crippen molar-refractivity contribution in [2.24, 2.45) is 0 Å². The average molecular weight is 857 g/mol. The number of nitrogens with zero attached hydrogens (tertiary/aromatic N) is 2. The highest BCUT2D eigenvalue weighted by Gasteiger charge is 2.38. The molecule has 1 aliphatic carbocycles. The van der Waals surface area contributed by atoms with E-state index in [0.717, 1.165) is 46.3 Å². The van der Waals surface area contributed by atoms with Crippen molar-refractivity contribution in [3.63, 3.8) is 0 Å².